The largest absolute Gasteiger partial charge is 0.420 e. The Kier molecular flexibility index (Phi) is 7.12. The molecule has 0 radical (unpaired) electrons. The molecule has 3 heterocycles. The number of likely N-dealkylation sites (tertiary alicyclic amines) is 1. The van der Waals surface area contributed by atoms with E-state index < -0.39 is 23.5 Å². The lowest BCUT2D eigenvalue weighted by molar-refractivity contribution is -0.138. The Balaban J connectivity index is 1.29. The van der Waals surface area contributed by atoms with Gasteiger partial charge in [0.25, 0.3) is 0 Å². The number of anilines is 1. The molecule has 5 rings (SSSR count). The van der Waals surface area contributed by atoms with Gasteiger partial charge in [-0.3, -0.25) is 0 Å². The first-order valence-electron chi connectivity index (χ1n) is 12.7. The second kappa shape index (κ2) is 10.1. The number of aryl methyl sites for hydroxylation is 1. The molecular weight excluding hydrogens is 498 g/mol. The van der Waals surface area contributed by atoms with Crippen molar-refractivity contribution >= 4 is 5.82 Å². The number of rotatable bonds is 5. The van der Waals surface area contributed by atoms with Crippen LogP contribution in [0.3, 0.4) is 0 Å². The number of nitrogens with one attached hydrogen (secondary N) is 1. The summed E-state index contributed by atoms with van der Waals surface area (Å²) in [6.45, 7) is 6.10. The van der Waals surface area contributed by atoms with Crippen molar-refractivity contribution in [1.82, 2.24) is 15.1 Å². The van der Waals surface area contributed by atoms with Gasteiger partial charge in [0.15, 0.2) is 5.82 Å². The van der Waals surface area contributed by atoms with Crippen molar-refractivity contribution in [1.29, 1.82) is 0 Å². The van der Waals surface area contributed by atoms with E-state index >= 15 is 0 Å². The number of aromatic nitrogens is 2. The molecule has 3 fully saturated rings. The number of benzene rings is 1. The van der Waals surface area contributed by atoms with Crippen molar-refractivity contribution in [3.63, 3.8) is 0 Å². The van der Waals surface area contributed by atoms with Crippen molar-refractivity contribution < 1.29 is 31.1 Å². The Morgan fingerprint density at radius 1 is 0.946 bits per heavy atom. The highest BCUT2D eigenvalue weighted by molar-refractivity contribution is 5.67. The minimum atomic E-state index is -4.74. The Labute approximate surface area is 211 Å². The maximum Gasteiger partial charge on any atom is 0.420 e. The third-order valence-corrected chi connectivity index (χ3v) is 7.96. The Bertz CT molecular complexity index is 1100. The smallest absolute Gasteiger partial charge is 0.381 e. The van der Waals surface area contributed by atoms with Gasteiger partial charge in [0, 0.05) is 44.5 Å². The topological polar surface area (TPSA) is 50.3 Å². The Morgan fingerprint density at radius 3 is 2.24 bits per heavy atom. The van der Waals surface area contributed by atoms with E-state index in [0.29, 0.717) is 23.3 Å². The predicted molar refractivity (Wildman–Crippen MR) is 126 cm³/mol. The van der Waals surface area contributed by atoms with Gasteiger partial charge in [-0.1, -0.05) is 6.07 Å². The predicted octanol–water partition coefficient (Wildman–Crippen LogP) is 6.04. The number of alkyl halides is 6. The summed E-state index contributed by atoms with van der Waals surface area (Å²) in [7, 11) is 0. The summed E-state index contributed by atoms with van der Waals surface area (Å²) in [5.74, 6) is 1.12. The van der Waals surface area contributed by atoms with E-state index in [1.54, 1.807) is 0 Å². The summed E-state index contributed by atoms with van der Waals surface area (Å²) >= 11 is 0. The lowest BCUT2D eigenvalue weighted by Gasteiger charge is -2.28. The van der Waals surface area contributed by atoms with Crippen LogP contribution < -0.4 is 5.32 Å². The monoisotopic (exact) mass is 528 g/mol. The zero-order chi connectivity index (χ0) is 26.4. The molecule has 1 saturated carbocycles. The molecule has 202 valence electrons. The minimum absolute atomic E-state index is 0.0283. The quantitative estimate of drug-likeness (QED) is 0.480. The molecule has 2 saturated heterocycles. The number of hydrogen-bond donors (Lipinski definition) is 1. The first kappa shape index (κ1) is 26.2. The lowest BCUT2D eigenvalue weighted by atomic mass is 10.00. The highest BCUT2D eigenvalue weighted by Crippen LogP contribution is 2.42. The van der Waals surface area contributed by atoms with Gasteiger partial charge in [-0.2, -0.15) is 26.3 Å². The van der Waals surface area contributed by atoms with E-state index in [0.717, 1.165) is 76.7 Å². The van der Waals surface area contributed by atoms with Crippen LogP contribution in [0, 0.1) is 24.7 Å². The fourth-order valence-corrected chi connectivity index (χ4v) is 6.07. The van der Waals surface area contributed by atoms with Gasteiger partial charge in [-0.15, -0.1) is 10.2 Å². The molecule has 1 aromatic carbocycles. The summed E-state index contributed by atoms with van der Waals surface area (Å²) in [5.41, 5.74) is -1.86. The van der Waals surface area contributed by atoms with Crippen LogP contribution in [0.2, 0.25) is 0 Å². The molecule has 0 bridgehead atoms. The molecule has 0 amide bonds. The van der Waals surface area contributed by atoms with Gasteiger partial charge in [0.2, 0.25) is 0 Å². The normalized spacial score (nSPS) is 25.4. The molecule has 2 atom stereocenters. The van der Waals surface area contributed by atoms with Gasteiger partial charge in [0.1, 0.15) is 5.56 Å². The summed E-state index contributed by atoms with van der Waals surface area (Å²) in [4.78, 5) is 2.48. The lowest BCUT2D eigenvalue weighted by Crippen LogP contribution is -2.32. The van der Waals surface area contributed by atoms with Gasteiger partial charge < -0.3 is 15.0 Å². The van der Waals surface area contributed by atoms with Crippen LogP contribution >= 0.6 is 0 Å². The van der Waals surface area contributed by atoms with Crippen molar-refractivity contribution in [2.45, 2.75) is 51.0 Å². The van der Waals surface area contributed by atoms with Crippen LogP contribution in [-0.2, 0) is 17.1 Å². The molecule has 1 aromatic heterocycles. The van der Waals surface area contributed by atoms with Gasteiger partial charge in [-0.05, 0) is 74.1 Å². The zero-order valence-electron chi connectivity index (χ0n) is 20.5. The van der Waals surface area contributed by atoms with Crippen LogP contribution in [0.1, 0.15) is 42.4 Å². The van der Waals surface area contributed by atoms with Crippen LogP contribution in [0.15, 0.2) is 24.3 Å². The molecule has 1 N–H and O–H groups in total. The molecule has 2 aliphatic heterocycles. The molecule has 37 heavy (non-hydrogen) atoms. The summed E-state index contributed by atoms with van der Waals surface area (Å²) in [5, 5.41) is 10.7. The third-order valence-electron chi connectivity index (χ3n) is 7.96. The van der Waals surface area contributed by atoms with Crippen molar-refractivity contribution in [2.75, 3.05) is 38.2 Å². The molecule has 11 heteroatoms. The SMILES string of the molecule is Cc1ccc(C(F)(F)F)cc1-c1cc(C(F)(F)F)c(NC2CC3CN(CC4CCOCC4)CC3C2)nn1. The number of fused-ring (bicyclic) bond motifs is 1. The highest BCUT2D eigenvalue weighted by atomic mass is 19.4. The fourth-order valence-electron chi connectivity index (χ4n) is 6.07. The van der Waals surface area contributed by atoms with Crippen LogP contribution in [0.25, 0.3) is 11.3 Å². The molecule has 5 nitrogen and oxygen atoms in total. The van der Waals surface area contributed by atoms with Crippen molar-refractivity contribution in [3.8, 4) is 11.3 Å². The average molecular weight is 529 g/mol. The summed E-state index contributed by atoms with van der Waals surface area (Å²) in [6, 6.07) is 3.58. The molecular formula is C26H30F6N4O. The second-order valence-corrected chi connectivity index (χ2v) is 10.6. The van der Waals surface area contributed by atoms with E-state index in [1.807, 2.05) is 0 Å². The van der Waals surface area contributed by atoms with E-state index in [-0.39, 0.29) is 23.1 Å². The maximum absolute atomic E-state index is 14.0. The number of ether oxygens (including phenoxy) is 1. The molecule has 2 unspecified atom stereocenters. The van der Waals surface area contributed by atoms with E-state index in [2.05, 4.69) is 20.4 Å². The van der Waals surface area contributed by atoms with Crippen molar-refractivity contribution in [3.05, 3.63) is 41.0 Å². The summed E-state index contributed by atoms with van der Waals surface area (Å²) in [6.07, 6.45) is -5.70. The fraction of sp³-hybridized carbons (Fsp3) is 0.615. The molecule has 3 aliphatic rings. The maximum atomic E-state index is 14.0. The Hall–Kier alpha value is -2.40. The Morgan fingerprint density at radius 2 is 1.62 bits per heavy atom. The van der Waals surface area contributed by atoms with Crippen LogP contribution in [-0.4, -0.2) is 54.0 Å². The van der Waals surface area contributed by atoms with E-state index in [4.69, 9.17) is 4.74 Å². The first-order valence-corrected chi connectivity index (χ1v) is 12.7. The highest BCUT2D eigenvalue weighted by Gasteiger charge is 2.43. The van der Waals surface area contributed by atoms with Gasteiger partial charge >= 0.3 is 12.4 Å². The number of halogens is 6. The van der Waals surface area contributed by atoms with E-state index in [1.165, 1.54) is 13.0 Å². The first-order chi connectivity index (χ1) is 17.5. The number of hydrogen-bond acceptors (Lipinski definition) is 5. The average Bonchev–Trinajstić information content (AvgIpc) is 3.37. The third kappa shape index (κ3) is 5.87. The molecule has 0 spiro atoms. The van der Waals surface area contributed by atoms with Crippen LogP contribution in [0.4, 0.5) is 32.2 Å². The van der Waals surface area contributed by atoms with Crippen LogP contribution in [0.5, 0.6) is 0 Å². The molecule has 1 aliphatic carbocycles. The van der Waals surface area contributed by atoms with Crippen molar-refractivity contribution in [2.24, 2.45) is 17.8 Å². The second-order valence-electron chi connectivity index (χ2n) is 10.6. The number of nitrogens with zero attached hydrogens (tertiary/aromatic N) is 3. The summed E-state index contributed by atoms with van der Waals surface area (Å²) < 4.78 is 86.9. The van der Waals surface area contributed by atoms with E-state index in [9.17, 15) is 26.3 Å². The van der Waals surface area contributed by atoms with Gasteiger partial charge in [0.05, 0.1) is 11.3 Å². The molecule has 2 aromatic rings. The van der Waals surface area contributed by atoms with Gasteiger partial charge in [-0.25, -0.2) is 0 Å². The zero-order valence-corrected chi connectivity index (χ0v) is 20.5. The standard InChI is InChI=1S/C26H30F6N4O/c1-15-2-3-19(25(27,28)29)10-21(15)23-11-22(26(30,31)32)24(35-34-23)33-20-8-17-13-36(14-18(17)9-20)12-16-4-6-37-7-5-16/h2-3,10-11,16-18,20H,4-9,12-14H2,1H3,(H,33,35). The minimum Gasteiger partial charge on any atom is -0.381 e.